The van der Waals surface area contributed by atoms with Crippen molar-refractivity contribution in [1.82, 2.24) is 9.47 Å². The van der Waals surface area contributed by atoms with Crippen LogP contribution in [-0.2, 0) is 11.8 Å². The number of amides is 1. The third kappa shape index (κ3) is 1.46. The number of aliphatic hydroxyl groups is 1. The maximum Gasteiger partial charge on any atom is 0.251 e. The minimum absolute atomic E-state index is 0.0291. The van der Waals surface area contributed by atoms with Gasteiger partial charge in [-0.05, 0) is 6.07 Å². The molecule has 1 N–H and O–H groups in total. The molecule has 1 aromatic carbocycles. The predicted octanol–water partition coefficient (Wildman–Crippen LogP) is 1.44. The Morgan fingerprint density at radius 2 is 2.00 bits per heavy atom. The quantitative estimate of drug-likeness (QED) is 0.825. The molecule has 3 rings (SSSR count). The van der Waals surface area contributed by atoms with Crippen molar-refractivity contribution >= 4 is 16.8 Å². The van der Waals surface area contributed by atoms with E-state index in [1.165, 1.54) is 0 Å². The lowest BCUT2D eigenvalue weighted by atomic mass is 10.0. The van der Waals surface area contributed by atoms with E-state index in [1.807, 2.05) is 19.2 Å². The van der Waals surface area contributed by atoms with E-state index in [1.54, 1.807) is 11.9 Å². The van der Waals surface area contributed by atoms with Crippen molar-refractivity contribution in [1.29, 1.82) is 0 Å². The van der Waals surface area contributed by atoms with E-state index in [0.717, 1.165) is 16.5 Å². The van der Waals surface area contributed by atoms with Crippen LogP contribution in [-0.4, -0.2) is 33.6 Å². The van der Waals surface area contributed by atoms with Gasteiger partial charge in [0, 0.05) is 43.2 Å². The molecule has 4 heteroatoms. The molecule has 94 valence electrons. The van der Waals surface area contributed by atoms with E-state index in [9.17, 15) is 9.90 Å². The molecule has 1 aliphatic heterocycles. The van der Waals surface area contributed by atoms with E-state index in [4.69, 9.17) is 0 Å². The number of hydrogen-bond acceptors (Lipinski definition) is 2. The summed E-state index contributed by atoms with van der Waals surface area (Å²) >= 11 is 0. The first-order valence-electron chi connectivity index (χ1n) is 6.08. The highest BCUT2D eigenvalue weighted by Gasteiger charge is 2.37. The first-order valence-corrected chi connectivity index (χ1v) is 6.08. The third-order valence-electron chi connectivity index (χ3n) is 3.83. The molecule has 0 aliphatic carbocycles. The lowest BCUT2D eigenvalue weighted by Crippen LogP contribution is -2.26. The van der Waals surface area contributed by atoms with E-state index in [0.29, 0.717) is 6.42 Å². The largest absolute Gasteiger partial charge is 0.383 e. The summed E-state index contributed by atoms with van der Waals surface area (Å²) in [5.74, 6) is -0.187. The van der Waals surface area contributed by atoms with Gasteiger partial charge >= 0.3 is 0 Å². The van der Waals surface area contributed by atoms with Gasteiger partial charge in [0.2, 0.25) is 0 Å². The molecule has 0 saturated carbocycles. The number of rotatable bonds is 1. The van der Waals surface area contributed by atoms with Crippen molar-refractivity contribution in [2.24, 2.45) is 7.05 Å². The molecule has 2 heterocycles. The summed E-state index contributed by atoms with van der Waals surface area (Å²) in [5, 5.41) is 10.8. The zero-order valence-corrected chi connectivity index (χ0v) is 10.5. The normalized spacial score (nSPS) is 24.2. The van der Waals surface area contributed by atoms with Gasteiger partial charge < -0.3 is 14.6 Å². The number of fused-ring (bicyclic) bond motifs is 1. The Balaban J connectivity index is 2.13. The van der Waals surface area contributed by atoms with Crippen molar-refractivity contribution in [3.05, 3.63) is 36.0 Å². The molecular formula is C14H16N2O2. The molecule has 0 bridgehead atoms. The van der Waals surface area contributed by atoms with Gasteiger partial charge in [-0.1, -0.05) is 18.2 Å². The van der Waals surface area contributed by atoms with Gasteiger partial charge in [0.15, 0.2) is 0 Å². The summed E-state index contributed by atoms with van der Waals surface area (Å²) in [5.41, 5.74) is 2.26. The summed E-state index contributed by atoms with van der Waals surface area (Å²) in [6.07, 6.45) is 1.67. The molecule has 1 saturated heterocycles. The van der Waals surface area contributed by atoms with Gasteiger partial charge in [-0.2, -0.15) is 0 Å². The fourth-order valence-corrected chi connectivity index (χ4v) is 2.83. The molecule has 1 aromatic heterocycles. The van der Waals surface area contributed by atoms with Crippen LogP contribution in [0.1, 0.15) is 18.0 Å². The van der Waals surface area contributed by atoms with Crippen molar-refractivity contribution < 1.29 is 9.90 Å². The summed E-state index contributed by atoms with van der Waals surface area (Å²) < 4.78 is 2.06. The zero-order valence-electron chi connectivity index (χ0n) is 10.5. The van der Waals surface area contributed by atoms with Crippen LogP contribution in [0.15, 0.2) is 30.5 Å². The second-order valence-electron chi connectivity index (χ2n) is 4.93. The number of carbonyl (C=O) groups is 1. The average molecular weight is 244 g/mol. The van der Waals surface area contributed by atoms with Crippen LogP contribution >= 0.6 is 0 Å². The van der Waals surface area contributed by atoms with Crippen molar-refractivity contribution in [3.8, 4) is 0 Å². The SMILES string of the molecule is CN1C(=O)[C@H](O)C[C@@H]1c1cn(C)c2ccccc12. The Morgan fingerprint density at radius 1 is 1.28 bits per heavy atom. The Kier molecular flexibility index (Phi) is 2.41. The number of para-hydroxylation sites is 1. The first-order chi connectivity index (χ1) is 8.59. The molecule has 2 aromatic rings. The van der Waals surface area contributed by atoms with Gasteiger partial charge in [-0.3, -0.25) is 4.79 Å². The minimum Gasteiger partial charge on any atom is -0.383 e. The van der Waals surface area contributed by atoms with Crippen molar-refractivity contribution in [3.63, 3.8) is 0 Å². The van der Waals surface area contributed by atoms with Crippen LogP contribution in [0.25, 0.3) is 10.9 Å². The monoisotopic (exact) mass is 244 g/mol. The molecule has 0 unspecified atom stereocenters. The predicted molar refractivity (Wildman–Crippen MR) is 69.1 cm³/mol. The number of benzene rings is 1. The molecule has 4 nitrogen and oxygen atoms in total. The van der Waals surface area contributed by atoms with Crippen LogP contribution in [0.4, 0.5) is 0 Å². The number of aryl methyl sites for hydroxylation is 1. The highest BCUT2D eigenvalue weighted by Crippen LogP contribution is 2.36. The fraction of sp³-hybridized carbons (Fsp3) is 0.357. The molecule has 1 amide bonds. The number of nitrogens with zero attached hydrogens (tertiary/aromatic N) is 2. The van der Waals surface area contributed by atoms with Crippen molar-refractivity contribution in [2.45, 2.75) is 18.6 Å². The van der Waals surface area contributed by atoms with Gasteiger partial charge in [-0.15, -0.1) is 0 Å². The number of likely N-dealkylation sites (N-methyl/N-ethyl adjacent to an activating group) is 1. The Morgan fingerprint density at radius 3 is 2.67 bits per heavy atom. The summed E-state index contributed by atoms with van der Waals surface area (Å²) in [4.78, 5) is 13.3. The molecule has 1 aliphatic rings. The Labute approximate surface area is 105 Å². The minimum atomic E-state index is -0.862. The molecule has 2 atom stereocenters. The second-order valence-corrected chi connectivity index (χ2v) is 4.93. The molecular weight excluding hydrogens is 228 g/mol. The van der Waals surface area contributed by atoms with E-state index < -0.39 is 6.10 Å². The zero-order chi connectivity index (χ0) is 12.9. The molecule has 18 heavy (non-hydrogen) atoms. The van der Waals surface area contributed by atoms with Gasteiger partial charge in [-0.25, -0.2) is 0 Å². The molecule has 0 spiro atoms. The topological polar surface area (TPSA) is 45.5 Å². The fourth-order valence-electron chi connectivity index (χ4n) is 2.83. The van der Waals surface area contributed by atoms with Crippen LogP contribution in [0.5, 0.6) is 0 Å². The highest BCUT2D eigenvalue weighted by atomic mass is 16.3. The number of aromatic nitrogens is 1. The maximum atomic E-state index is 11.7. The standard InChI is InChI=1S/C14H16N2O2/c1-15-8-10(9-5-3-4-6-11(9)15)12-7-13(17)14(18)16(12)2/h3-6,8,12-13,17H,7H2,1-2H3/t12-,13-/m1/s1. The van der Waals surface area contributed by atoms with E-state index in [2.05, 4.69) is 22.9 Å². The Bertz CT molecular complexity index is 617. The van der Waals surface area contributed by atoms with Crippen LogP contribution in [0.2, 0.25) is 0 Å². The van der Waals surface area contributed by atoms with Gasteiger partial charge in [0.05, 0.1) is 6.04 Å². The molecule has 0 radical (unpaired) electrons. The van der Waals surface area contributed by atoms with Crippen LogP contribution in [0.3, 0.4) is 0 Å². The highest BCUT2D eigenvalue weighted by molar-refractivity contribution is 5.88. The van der Waals surface area contributed by atoms with Gasteiger partial charge in [0.1, 0.15) is 6.10 Å². The van der Waals surface area contributed by atoms with Crippen molar-refractivity contribution in [2.75, 3.05) is 7.05 Å². The Hall–Kier alpha value is -1.81. The lowest BCUT2D eigenvalue weighted by Gasteiger charge is -2.18. The number of likely N-dealkylation sites (tertiary alicyclic amines) is 1. The van der Waals surface area contributed by atoms with Crippen LogP contribution in [0, 0.1) is 0 Å². The second kappa shape index (κ2) is 3.85. The maximum absolute atomic E-state index is 11.7. The van der Waals surface area contributed by atoms with E-state index >= 15 is 0 Å². The summed E-state index contributed by atoms with van der Waals surface area (Å²) in [6.45, 7) is 0. The summed E-state index contributed by atoms with van der Waals surface area (Å²) in [7, 11) is 3.75. The smallest absolute Gasteiger partial charge is 0.251 e. The lowest BCUT2D eigenvalue weighted by molar-refractivity contribution is -0.134. The van der Waals surface area contributed by atoms with Gasteiger partial charge in [0.25, 0.3) is 5.91 Å². The summed E-state index contributed by atoms with van der Waals surface area (Å²) in [6, 6.07) is 8.10. The van der Waals surface area contributed by atoms with E-state index in [-0.39, 0.29) is 11.9 Å². The number of hydrogen-bond donors (Lipinski definition) is 1. The third-order valence-corrected chi connectivity index (χ3v) is 3.83. The number of carbonyl (C=O) groups excluding carboxylic acids is 1. The number of aliphatic hydroxyl groups excluding tert-OH is 1. The van der Waals surface area contributed by atoms with Crippen LogP contribution < -0.4 is 0 Å². The molecule has 1 fully saturated rings. The average Bonchev–Trinajstić information content (AvgIpc) is 2.83. The first kappa shape index (κ1) is 11.3.